The number of hydrogen-bond acceptors (Lipinski definition) is 6. The third kappa shape index (κ3) is 3.68. The molecule has 148 valence electrons. The Hall–Kier alpha value is -3.56. The number of fused-ring (bicyclic) bond motifs is 1. The maximum atomic E-state index is 12.6. The largest absolute Gasteiger partial charge is 0.324 e. The van der Waals surface area contributed by atoms with Crippen LogP contribution in [0.2, 0.25) is 0 Å². The summed E-state index contributed by atoms with van der Waals surface area (Å²) in [5.41, 5.74) is 2.71. The average Bonchev–Trinajstić information content (AvgIpc) is 3.47. The molecule has 1 N–H and O–H groups in total. The SMILES string of the molecule is O=C(Cn1nc(-c2cccs2)ccc1=O)Nc1cccc(-c2cn3ccsc3n2)c1. The van der Waals surface area contributed by atoms with Gasteiger partial charge in [0, 0.05) is 35.1 Å². The lowest BCUT2D eigenvalue weighted by Gasteiger charge is -2.08. The molecular formula is C21H15N5O2S2. The van der Waals surface area contributed by atoms with Gasteiger partial charge in [0.05, 0.1) is 10.6 Å². The molecule has 4 aromatic heterocycles. The Labute approximate surface area is 178 Å². The van der Waals surface area contributed by atoms with Gasteiger partial charge in [-0.15, -0.1) is 22.7 Å². The van der Waals surface area contributed by atoms with Gasteiger partial charge in [-0.2, -0.15) is 5.10 Å². The van der Waals surface area contributed by atoms with Gasteiger partial charge in [0.25, 0.3) is 5.56 Å². The molecule has 0 saturated heterocycles. The van der Waals surface area contributed by atoms with E-state index in [4.69, 9.17) is 0 Å². The van der Waals surface area contributed by atoms with Gasteiger partial charge >= 0.3 is 0 Å². The summed E-state index contributed by atoms with van der Waals surface area (Å²) < 4.78 is 3.14. The lowest BCUT2D eigenvalue weighted by atomic mass is 10.1. The van der Waals surface area contributed by atoms with Gasteiger partial charge in [0.1, 0.15) is 12.2 Å². The minimum absolute atomic E-state index is 0.164. The molecule has 0 saturated carbocycles. The van der Waals surface area contributed by atoms with Gasteiger partial charge in [-0.25, -0.2) is 9.67 Å². The molecule has 1 aromatic carbocycles. The fraction of sp³-hybridized carbons (Fsp3) is 0.0476. The second-order valence-electron chi connectivity index (χ2n) is 6.54. The van der Waals surface area contributed by atoms with Gasteiger partial charge in [-0.3, -0.25) is 14.0 Å². The number of nitrogens with one attached hydrogen (secondary N) is 1. The molecule has 9 heteroatoms. The molecule has 4 heterocycles. The highest BCUT2D eigenvalue weighted by Crippen LogP contribution is 2.24. The molecule has 0 atom stereocenters. The monoisotopic (exact) mass is 433 g/mol. The molecular weight excluding hydrogens is 418 g/mol. The molecule has 0 aliphatic heterocycles. The first-order chi connectivity index (χ1) is 14.7. The summed E-state index contributed by atoms with van der Waals surface area (Å²) in [4.78, 5) is 31.1. The fourth-order valence-electron chi connectivity index (χ4n) is 3.08. The van der Waals surface area contributed by atoms with Gasteiger partial charge in [-0.1, -0.05) is 18.2 Å². The lowest BCUT2D eigenvalue weighted by Crippen LogP contribution is -2.29. The summed E-state index contributed by atoms with van der Waals surface area (Å²) in [7, 11) is 0. The number of aromatic nitrogens is 4. The lowest BCUT2D eigenvalue weighted by molar-refractivity contribution is -0.117. The Balaban J connectivity index is 1.34. The van der Waals surface area contributed by atoms with E-state index < -0.39 is 0 Å². The minimum Gasteiger partial charge on any atom is -0.324 e. The Morgan fingerprint density at radius 3 is 2.80 bits per heavy atom. The first-order valence-corrected chi connectivity index (χ1v) is 10.9. The number of carbonyl (C=O) groups excluding carboxylic acids is 1. The Morgan fingerprint density at radius 2 is 1.97 bits per heavy atom. The molecule has 7 nitrogen and oxygen atoms in total. The van der Waals surface area contributed by atoms with Crippen LogP contribution < -0.4 is 10.9 Å². The third-order valence-electron chi connectivity index (χ3n) is 4.47. The first kappa shape index (κ1) is 18.5. The van der Waals surface area contributed by atoms with Crippen LogP contribution >= 0.6 is 22.7 Å². The van der Waals surface area contributed by atoms with E-state index in [9.17, 15) is 9.59 Å². The molecule has 0 aliphatic rings. The smallest absolute Gasteiger partial charge is 0.267 e. The summed E-state index contributed by atoms with van der Waals surface area (Å²) in [6.07, 6.45) is 3.91. The number of nitrogens with zero attached hydrogens (tertiary/aromatic N) is 4. The highest BCUT2D eigenvalue weighted by molar-refractivity contribution is 7.15. The molecule has 0 fully saturated rings. The number of benzene rings is 1. The van der Waals surface area contributed by atoms with Gasteiger partial charge in [-0.05, 0) is 29.6 Å². The van der Waals surface area contributed by atoms with Crippen molar-refractivity contribution in [3.63, 3.8) is 0 Å². The van der Waals surface area contributed by atoms with E-state index in [1.165, 1.54) is 22.1 Å². The first-order valence-electron chi connectivity index (χ1n) is 9.10. The van der Waals surface area contributed by atoms with Crippen LogP contribution in [0.25, 0.3) is 26.8 Å². The molecule has 0 aliphatic carbocycles. The van der Waals surface area contributed by atoms with Crippen LogP contribution in [-0.2, 0) is 11.3 Å². The fourth-order valence-corrected chi connectivity index (χ4v) is 4.47. The number of thiophene rings is 1. The van der Waals surface area contributed by atoms with Crippen LogP contribution in [0.1, 0.15) is 0 Å². The van der Waals surface area contributed by atoms with Crippen LogP contribution in [0.3, 0.4) is 0 Å². The van der Waals surface area contributed by atoms with E-state index in [0.29, 0.717) is 11.4 Å². The second kappa shape index (κ2) is 7.69. The van der Waals surface area contributed by atoms with Crippen molar-refractivity contribution in [2.45, 2.75) is 6.54 Å². The van der Waals surface area contributed by atoms with Gasteiger partial charge in [0.15, 0.2) is 4.96 Å². The number of imidazole rings is 1. The number of rotatable bonds is 5. The van der Waals surface area contributed by atoms with Crippen molar-refractivity contribution in [3.05, 3.63) is 82.0 Å². The van der Waals surface area contributed by atoms with Crippen molar-refractivity contribution in [2.24, 2.45) is 0 Å². The quantitative estimate of drug-likeness (QED) is 0.454. The van der Waals surface area contributed by atoms with E-state index in [2.05, 4.69) is 15.4 Å². The Bertz CT molecular complexity index is 1370. The third-order valence-corrected chi connectivity index (χ3v) is 6.13. The topological polar surface area (TPSA) is 81.3 Å². The summed E-state index contributed by atoms with van der Waals surface area (Å²) in [5, 5.41) is 11.1. The average molecular weight is 434 g/mol. The molecule has 0 unspecified atom stereocenters. The van der Waals surface area contributed by atoms with E-state index >= 15 is 0 Å². The van der Waals surface area contributed by atoms with Gasteiger partial charge in [0.2, 0.25) is 5.91 Å². The zero-order chi connectivity index (χ0) is 20.5. The maximum Gasteiger partial charge on any atom is 0.267 e. The van der Waals surface area contributed by atoms with Crippen LogP contribution in [0, 0.1) is 0 Å². The number of carbonyl (C=O) groups is 1. The normalized spacial score (nSPS) is 11.1. The summed E-state index contributed by atoms with van der Waals surface area (Å²) >= 11 is 3.09. The molecule has 1 amide bonds. The van der Waals surface area contributed by atoms with E-state index in [0.717, 1.165) is 21.1 Å². The van der Waals surface area contributed by atoms with Crippen LogP contribution in [0.5, 0.6) is 0 Å². The van der Waals surface area contributed by atoms with Crippen LogP contribution in [0.15, 0.2) is 76.5 Å². The molecule has 0 spiro atoms. The van der Waals surface area contributed by atoms with Crippen molar-refractivity contribution in [1.82, 2.24) is 19.2 Å². The van der Waals surface area contributed by atoms with E-state index in [1.54, 1.807) is 23.5 Å². The van der Waals surface area contributed by atoms with Gasteiger partial charge < -0.3 is 5.32 Å². The van der Waals surface area contributed by atoms with Crippen molar-refractivity contribution < 1.29 is 4.79 Å². The Kier molecular flexibility index (Phi) is 4.74. The predicted octanol–water partition coefficient (Wildman–Crippen LogP) is 3.99. The second-order valence-corrected chi connectivity index (χ2v) is 8.36. The molecule has 5 aromatic rings. The van der Waals surface area contributed by atoms with Crippen molar-refractivity contribution >= 4 is 39.2 Å². The summed E-state index contributed by atoms with van der Waals surface area (Å²) in [5.74, 6) is -0.323. The molecule has 0 radical (unpaired) electrons. The van der Waals surface area contributed by atoms with Crippen LogP contribution in [-0.4, -0.2) is 25.1 Å². The van der Waals surface area contributed by atoms with Crippen molar-refractivity contribution in [1.29, 1.82) is 0 Å². The zero-order valence-corrected chi connectivity index (χ0v) is 17.2. The van der Waals surface area contributed by atoms with Crippen LogP contribution in [0.4, 0.5) is 5.69 Å². The number of hydrogen-bond donors (Lipinski definition) is 1. The highest BCUT2D eigenvalue weighted by Gasteiger charge is 2.11. The predicted molar refractivity (Wildman–Crippen MR) is 119 cm³/mol. The van der Waals surface area contributed by atoms with Crippen molar-refractivity contribution in [3.8, 4) is 21.8 Å². The minimum atomic E-state index is -0.323. The molecule has 30 heavy (non-hydrogen) atoms. The molecule has 0 bridgehead atoms. The molecule has 5 rings (SSSR count). The highest BCUT2D eigenvalue weighted by atomic mass is 32.1. The van der Waals surface area contributed by atoms with E-state index in [1.807, 2.05) is 57.9 Å². The van der Waals surface area contributed by atoms with Crippen molar-refractivity contribution in [2.75, 3.05) is 5.32 Å². The number of thiazole rings is 1. The summed E-state index contributed by atoms with van der Waals surface area (Å²) in [6.45, 7) is -0.164. The number of amides is 1. The number of anilines is 1. The van der Waals surface area contributed by atoms with E-state index in [-0.39, 0.29) is 18.0 Å². The zero-order valence-electron chi connectivity index (χ0n) is 15.6. The standard InChI is InChI=1S/C21H15N5O2S2/c27-19(13-26-20(28)7-6-16(24-26)18-5-2-9-29-18)22-15-4-1-3-14(11-15)17-12-25-8-10-30-21(25)23-17/h1-12H,13H2,(H,22,27). The maximum absolute atomic E-state index is 12.6. The Morgan fingerprint density at radius 1 is 1.03 bits per heavy atom. The summed E-state index contributed by atoms with van der Waals surface area (Å²) in [6, 6.07) is 14.4.